The van der Waals surface area contributed by atoms with Crippen molar-refractivity contribution in [1.29, 1.82) is 0 Å². The predicted octanol–water partition coefficient (Wildman–Crippen LogP) is 1.72. The van der Waals surface area contributed by atoms with Crippen LogP contribution < -0.4 is 0 Å². The van der Waals surface area contributed by atoms with Crippen LogP contribution in [0.3, 0.4) is 0 Å². The van der Waals surface area contributed by atoms with Gasteiger partial charge in [0.15, 0.2) is 0 Å². The monoisotopic (exact) mass is 440 g/mol. The second-order valence-corrected chi connectivity index (χ2v) is 8.24. The Morgan fingerprint density at radius 1 is 1.06 bits per heavy atom. The summed E-state index contributed by atoms with van der Waals surface area (Å²) in [6.07, 6.45) is 2.35. The molecule has 1 N–H and O–H groups in total. The number of hydrogen-bond donors (Lipinski definition) is 1. The van der Waals surface area contributed by atoms with Gasteiger partial charge in [-0.1, -0.05) is 18.2 Å². The van der Waals surface area contributed by atoms with E-state index in [0.29, 0.717) is 25.1 Å². The minimum atomic E-state index is -0.410. The van der Waals surface area contributed by atoms with Gasteiger partial charge in [0.25, 0.3) is 0 Å². The quantitative estimate of drug-likeness (QED) is 0.661. The molecule has 3 heterocycles. The van der Waals surface area contributed by atoms with Crippen molar-refractivity contribution in [2.45, 2.75) is 13.3 Å². The molecule has 0 bridgehead atoms. The molecular weight excluding hydrogens is 408 g/mol. The van der Waals surface area contributed by atoms with Crippen molar-refractivity contribution >= 4 is 28.4 Å². The van der Waals surface area contributed by atoms with Crippen LogP contribution in [0, 0.1) is 0 Å². The minimum absolute atomic E-state index is 0.00611. The van der Waals surface area contributed by atoms with E-state index < -0.39 is 5.97 Å². The predicted molar refractivity (Wildman–Crippen MR) is 123 cm³/mol. The highest BCUT2D eigenvalue weighted by Crippen LogP contribution is 2.31. The van der Waals surface area contributed by atoms with E-state index >= 15 is 0 Å². The molecule has 2 aromatic rings. The molecule has 0 saturated carbocycles. The molecule has 0 aliphatic carbocycles. The number of para-hydroxylation sites is 1. The number of ether oxygens (including phenoxy) is 2. The van der Waals surface area contributed by atoms with Gasteiger partial charge >= 0.3 is 5.97 Å². The number of aromatic amines is 1. The third-order valence-corrected chi connectivity index (χ3v) is 6.22. The van der Waals surface area contributed by atoms with Gasteiger partial charge in [0.05, 0.1) is 31.0 Å². The second-order valence-electron chi connectivity index (χ2n) is 8.24. The molecule has 0 atom stereocenters. The van der Waals surface area contributed by atoms with Crippen LogP contribution in [0.1, 0.15) is 18.2 Å². The number of methoxy groups -OCH3 is 1. The molecule has 172 valence electrons. The Bertz CT molecular complexity index is 991. The normalized spacial score (nSPS) is 17.7. The summed E-state index contributed by atoms with van der Waals surface area (Å²) in [5, 5.41) is 1.08. The van der Waals surface area contributed by atoms with Crippen LogP contribution in [0.25, 0.3) is 16.5 Å². The summed E-state index contributed by atoms with van der Waals surface area (Å²) in [5.74, 6) is -0.404. The Hall–Kier alpha value is -2.68. The van der Waals surface area contributed by atoms with E-state index in [4.69, 9.17) is 9.47 Å². The molecule has 0 unspecified atom stereocenters. The van der Waals surface area contributed by atoms with E-state index in [9.17, 15) is 9.59 Å². The van der Waals surface area contributed by atoms with E-state index in [1.807, 2.05) is 24.3 Å². The van der Waals surface area contributed by atoms with Gasteiger partial charge in [-0.2, -0.15) is 0 Å². The number of benzene rings is 1. The lowest BCUT2D eigenvalue weighted by Crippen LogP contribution is -2.50. The first kappa shape index (κ1) is 22.5. The topological polar surface area (TPSA) is 78.1 Å². The van der Waals surface area contributed by atoms with Crippen molar-refractivity contribution < 1.29 is 19.1 Å². The molecule has 0 radical (unpaired) electrons. The fourth-order valence-electron chi connectivity index (χ4n) is 4.44. The first-order chi connectivity index (χ1) is 15.6. The molecular formula is C24H32N4O4. The lowest BCUT2D eigenvalue weighted by atomic mass is 10.0. The van der Waals surface area contributed by atoms with Crippen LogP contribution >= 0.6 is 0 Å². The van der Waals surface area contributed by atoms with Gasteiger partial charge in [-0.3, -0.25) is 14.6 Å². The molecule has 1 aromatic heterocycles. The Kier molecular flexibility index (Phi) is 7.24. The number of carbonyl (C=O) groups is 2. The van der Waals surface area contributed by atoms with E-state index in [2.05, 4.69) is 14.8 Å². The summed E-state index contributed by atoms with van der Waals surface area (Å²) >= 11 is 0. The summed E-state index contributed by atoms with van der Waals surface area (Å²) in [4.78, 5) is 35.6. The largest absolute Gasteiger partial charge is 0.462 e. The molecule has 8 heteroatoms. The third-order valence-electron chi connectivity index (χ3n) is 6.22. The highest BCUT2D eigenvalue weighted by Gasteiger charge is 2.28. The summed E-state index contributed by atoms with van der Waals surface area (Å²) in [6.45, 7) is 8.15. The van der Waals surface area contributed by atoms with Crippen molar-refractivity contribution in [2.75, 3.05) is 66.1 Å². The highest BCUT2D eigenvalue weighted by molar-refractivity contribution is 6.18. The zero-order chi connectivity index (χ0) is 22.5. The molecule has 0 spiro atoms. The standard InChI is InChI=1S/C24H32N4O4/c1-3-32-24(30)20-16-28(9-8-19-18-6-4-5-7-21(18)25-23(19)20)22(29)17-27-12-10-26(11-13-27)14-15-31-2/h4-7,16,25H,3,8-15,17H2,1-2H3. The number of nitrogens with one attached hydrogen (secondary N) is 1. The van der Waals surface area contributed by atoms with Crippen molar-refractivity contribution in [3.8, 4) is 0 Å². The average Bonchev–Trinajstić information content (AvgIpc) is 3.06. The van der Waals surface area contributed by atoms with Crippen LogP contribution in [0.4, 0.5) is 0 Å². The summed E-state index contributed by atoms with van der Waals surface area (Å²) in [5.41, 5.74) is 3.21. The lowest BCUT2D eigenvalue weighted by molar-refractivity contribution is -0.136. The zero-order valence-electron chi connectivity index (χ0n) is 18.9. The van der Waals surface area contributed by atoms with Crippen molar-refractivity contribution in [3.05, 3.63) is 41.7 Å². The molecule has 1 fully saturated rings. The van der Waals surface area contributed by atoms with Crippen molar-refractivity contribution in [2.24, 2.45) is 0 Å². The van der Waals surface area contributed by atoms with Crippen LogP contribution in [0.2, 0.25) is 0 Å². The maximum Gasteiger partial charge on any atom is 0.341 e. The zero-order valence-corrected chi connectivity index (χ0v) is 18.9. The molecule has 32 heavy (non-hydrogen) atoms. The number of fused-ring (bicyclic) bond motifs is 3. The van der Waals surface area contributed by atoms with E-state index in [1.54, 1.807) is 25.1 Å². The Labute approximate surface area is 188 Å². The molecule has 1 saturated heterocycles. The van der Waals surface area contributed by atoms with Crippen molar-refractivity contribution in [3.63, 3.8) is 0 Å². The highest BCUT2D eigenvalue weighted by atomic mass is 16.5. The Balaban J connectivity index is 1.50. The first-order valence-electron chi connectivity index (χ1n) is 11.3. The molecule has 2 aliphatic heterocycles. The first-order valence-corrected chi connectivity index (χ1v) is 11.3. The third kappa shape index (κ3) is 4.87. The number of hydrogen-bond acceptors (Lipinski definition) is 6. The number of aromatic nitrogens is 1. The van der Waals surface area contributed by atoms with Gasteiger partial charge in [-0.05, 0) is 25.0 Å². The fraction of sp³-hybridized carbons (Fsp3) is 0.500. The van der Waals surface area contributed by atoms with E-state index in [0.717, 1.165) is 61.5 Å². The molecule has 1 amide bonds. The molecule has 4 rings (SSSR count). The van der Waals surface area contributed by atoms with Crippen molar-refractivity contribution in [1.82, 2.24) is 19.7 Å². The van der Waals surface area contributed by atoms with Gasteiger partial charge in [0.2, 0.25) is 5.91 Å². The molecule has 8 nitrogen and oxygen atoms in total. The SMILES string of the molecule is CCOC(=O)C1=CN(C(=O)CN2CCN(CCOC)CC2)CCc2c1[nH]c1ccccc21. The van der Waals surface area contributed by atoms with Gasteiger partial charge < -0.3 is 19.4 Å². The summed E-state index contributed by atoms with van der Waals surface area (Å²) in [6, 6.07) is 8.01. The summed E-state index contributed by atoms with van der Waals surface area (Å²) in [7, 11) is 1.72. The van der Waals surface area contributed by atoms with Gasteiger partial charge in [-0.25, -0.2) is 4.79 Å². The maximum absolute atomic E-state index is 13.2. The van der Waals surface area contributed by atoms with Crippen LogP contribution in [0.5, 0.6) is 0 Å². The Morgan fingerprint density at radius 3 is 2.56 bits per heavy atom. The van der Waals surface area contributed by atoms with Crippen LogP contribution in [0.15, 0.2) is 30.5 Å². The number of piperazine rings is 1. The smallest absolute Gasteiger partial charge is 0.341 e. The Morgan fingerprint density at radius 2 is 1.81 bits per heavy atom. The molecule has 1 aromatic carbocycles. The van der Waals surface area contributed by atoms with Gasteiger partial charge in [-0.15, -0.1) is 0 Å². The average molecular weight is 441 g/mol. The molecule has 2 aliphatic rings. The van der Waals surface area contributed by atoms with E-state index in [1.165, 1.54) is 0 Å². The number of carbonyl (C=O) groups excluding carboxylic acids is 2. The lowest BCUT2D eigenvalue weighted by Gasteiger charge is -2.34. The minimum Gasteiger partial charge on any atom is -0.462 e. The number of rotatable bonds is 7. The summed E-state index contributed by atoms with van der Waals surface area (Å²) < 4.78 is 10.5. The number of amides is 1. The van der Waals surface area contributed by atoms with Gasteiger partial charge in [0, 0.05) is 63.5 Å². The van der Waals surface area contributed by atoms with Crippen LogP contribution in [-0.4, -0.2) is 97.7 Å². The fourth-order valence-corrected chi connectivity index (χ4v) is 4.44. The number of esters is 1. The van der Waals surface area contributed by atoms with E-state index in [-0.39, 0.29) is 12.5 Å². The van der Waals surface area contributed by atoms with Gasteiger partial charge in [0.1, 0.15) is 0 Å². The van der Waals surface area contributed by atoms with Crippen LogP contribution in [-0.2, 0) is 25.5 Å². The maximum atomic E-state index is 13.2. The number of H-pyrrole nitrogens is 1. The second kappa shape index (κ2) is 10.3. The number of nitrogens with zero attached hydrogens (tertiary/aromatic N) is 3.